The minimum atomic E-state index is 0.451. The number of hydrogen-bond acceptors (Lipinski definition) is 3. The van der Waals surface area contributed by atoms with Gasteiger partial charge in [-0.2, -0.15) is 0 Å². The molecule has 1 heterocycles. The number of nitrogens with one attached hydrogen (secondary N) is 1. The van der Waals surface area contributed by atoms with Crippen molar-refractivity contribution in [2.45, 2.75) is 12.3 Å². The fourth-order valence-electron chi connectivity index (χ4n) is 2.11. The molecule has 0 spiro atoms. The van der Waals surface area contributed by atoms with Crippen LogP contribution in [0.1, 0.15) is 22.8 Å². The molecule has 2 rings (SSSR count). The molecule has 0 bridgehead atoms. The molecule has 0 aliphatic carbocycles. The van der Waals surface area contributed by atoms with Gasteiger partial charge < -0.3 is 10.1 Å². The highest BCUT2D eigenvalue weighted by Gasteiger charge is 2.15. The van der Waals surface area contributed by atoms with E-state index in [0.717, 1.165) is 18.7 Å². The second-order valence-electron chi connectivity index (χ2n) is 4.24. The SMILES string of the molecule is CNCCC(c1cccc(OC)c1)c1cccs1. The number of ether oxygens (including phenoxy) is 1. The second-order valence-corrected chi connectivity index (χ2v) is 5.22. The Hall–Kier alpha value is -1.32. The summed E-state index contributed by atoms with van der Waals surface area (Å²) in [6.07, 6.45) is 1.10. The van der Waals surface area contributed by atoms with E-state index in [9.17, 15) is 0 Å². The zero-order valence-electron chi connectivity index (χ0n) is 10.8. The van der Waals surface area contributed by atoms with Gasteiger partial charge in [-0.15, -0.1) is 11.3 Å². The van der Waals surface area contributed by atoms with Gasteiger partial charge in [0.1, 0.15) is 5.75 Å². The third-order valence-corrected chi connectivity index (χ3v) is 4.05. The lowest BCUT2D eigenvalue weighted by Crippen LogP contribution is -2.12. The highest BCUT2D eigenvalue weighted by molar-refractivity contribution is 7.10. The molecule has 3 heteroatoms. The van der Waals surface area contributed by atoms with Crippen LogP contribution in [0.4, 0.5) is 0 Å². The molecule has 1 atom stereocenters. The molecule has 1 unspecified atom stereocenters. The summed E-state index contributed by atoms with van der Waals surface area (Å²) in [5, 5.41) is 5.37. The molecule has 0 amide bonds. The molecule has 0 aliphatic rings. The highest BCUT2D eigenvalue weighted by Crippen LogP contribution is 2.32. The van der Waals surface area contributed by atoms with Crippen molar-refractivity contribution >= 4 is 11.3 Å². The molecule has 0 aliphatic heterocycles. The standard InChI is InChI=1S/C15H19NOS/c1-16-9-8-14(15-7-4-10-18-15)12-5-3-6-13(11-12)17-2/h3-7,10-11,14,16H,8-9H2,1-2H3. The predicted octanol–water partition coefficient (Wildman–Crippen LogP) is 3.50. The lowest BCUT2D eigenvalue weighted by atomic mass is 9.94. The van der Waals surface area contributed by atoms with E-state index in [-0.39, 0.29) is 0 Å². The molecule has 2 aromatic rings. The molecule has 96 valence electrons. The Morgan fingerprint density at radius 2 is 2.17 bits per heavy atom. The zero-order chi connectivity index (χ0) is 12.8. The summed E-state index contributed by atoms with van der Waals surface area (Å²) < 4.78 is 5.31. The first-order chi connectivity index (χ1) is 8.85. The Bertz CT molecular complexity index is 467. The van der Waals surface area contributed by atoms with Crippen LogP contribution in [-0.4, -0.2) is 20.7 Å². The van der Waals surface area contributed by atoms with Gasteiger partial charge in [-0.05, 0) is 49.2 Å². The van der Waals surface area contributed by atoms with Crippen molar-refractivity contribution in [3.63, 3.8) is 0 Å². The minimum absolute atomic E-state index is 0.451. The molecular weight excluding hydrogens is 242 g/mol. The van der Waals surface area contributed by atoms with Crippen molar-refractivity contribution in [1.82, 2.24) is 5.32 Å². The van der Waals surface area contributed by atoms with Gasteiger partial charge in [-0.25, -0.2) is 0 Å². The van der Waals surface area contributed by atoms with Crippen molar-refractivity contribution in [2.24, 2.45) is 0 Å². The number of thiophene rings is 1. The Balaban J connectivity index is 2.27. The van der Waals surface area contributed by atoms with E-state index in [4.69, 9.17) is 4.74 Å². The van der Waals surface area contributed by atoms with Gasteiger partial charge in [-0.1, -0.05) is 18.2 Å². The summed E-state index contributed by atoms with van der Waals surface area (Å²) in [5.74, 6) is 1.38. The van der Waals surface area contributed by atoms with E-state index < -0.39 is 0 Å². The summed E-state index contributed by atoms with van der Waals surface area (Å²) in [5.41, 5.74) is 1.33. The van der Waals surface area contributed by atoms with Crippen molar-refractivity contribution in [1.29, 1.82) is 0 Å². The summed E-state index contributed by atoms with van der Waals surface area (Å²) >= 11 is 1.82. The first kappa shape index (κ1) is 13.1. The fraction of sp³-hybridized carbons (Fsp3) is 0.333. The maximum Gasteiger partial charge on any atom is 0.119 e. The van der Waals surface area contributed by atoms with Crippen LogP contribution in [-0.2, 0) is 0 Å². The van der Waals surface area contributed by atoms with Crippen LogP contribution in [0, 0.1) is 0 Å². The molecule has 1 aromatic heterocycles. The predicted molar refractivity (Wildman–Crippen MR) is 77.7 cm³/mol. The summed E-state index contributed by atoms with van der Waals surface area (Å²) in [7, 11) is 3.71. The van der Waals surface area contributed by atoms with E-state index in [1.165, 1.54) is 10.4 Å². The third kappa shape index (κ3) is 3.12. The minimum Gasteiger partial charge on any atom is -0.497 e. The van der Waals surface area contributed by atoms with Gasteiger partial charge >= 0.3 is 0 Å². The van der Waals surface area contributed by atoms with Crippen LogP contribution in [0.15, 0.2) is 41.8 Å². The van der Waals surface area contributed by atoms with Crippen molar-refractivity contribution < 1.29 is 4.74 Å². The van der Waals surface area contributed by atoms with Crippen molar-refractivity contribution in [2.75, 3.05) is 20.7 Å². The third-order valence-electron chi connectivity index (χ3n) is 3.07. The molecule has 0 fully saturated rings. The molecule has 0 saturated carbocycles. The smallest absolute Gasteiger partial charge is 0.119 e. The van der Waals surface area contributed by atoms with Crippen molar-refractivity contribution in [3.05, 3.63) is 52.2 Å². The van der Waals surface area contributed by atoms with Gasteiger partial charge in [0.05, 0.1) is 7.11 Å². The van der Waals surface area contributed by atoms with Gasteiger partial charge in [-0.3, -0.25) is 0 Å². The van der Waals surface area contributed by atoms with E-state index in [1.54, 1.807) is 7.11 Å². The quantitative estimate of drug-likeness (QED) is 0.859. The Morgan fingerprint density at radius 3 is 2.83 bits per heavy atom. The lowest BCUT2D eigenvalue weighted by molar-refractivity contribution is 0.414. The van der Waals surface area contributed by atoms with Crippen LogP contribution in [0.5, 0.6) is 5.75 Å². The topological polar surface area (TPSA) is 21.3 Å². The normalized spacial score (nSPS) is 12.3. The molecule has 1 N–H and O–H groups in total. The van der Waals surface area contributed by atoms with E-state index >= 15 is 0 Å². The molecule has 2 nitrogen and oxygen atoms in total. The Kier molecular flexibility index (Phi) is 4.79. The monoisotopic (exact) mass is 261 g/mol. The summed E-state index contributed by atoms with van der Waals surface area (Å²) in [6, 6.07) is 12.7. The molecule has 18 heavy (non-hydrogen) atoms. The zero-order valence-corrected chi connectivity index (χ0v) is 11.7. The Labute approximate surface area is 113 Å². The van der Waals surface area contributed by atoms with Gasteiger partial charge in [0.2, 0.25) is 0 Å². The van der Waals surface area contributed by atoms with Gasteiger partial charge in [0.15, 0.2) is 0 Å². The van der Waals surface area contributed by atoms with Crippen LogP contribution >= 0.6 is 11.3 Å². The number of rotatable bonds is 6. The second kappa shape index (κ2) is 6.57. The number of methoxy groups -OCH3 is 1. The van der Waals surface area contributed by atoms with Crippen LogP contribution in [0.3, 0.4) is 0 Å². The van der Waals surface area contributed by atoms with Crippen LogP contribution in [0.2, 0.25) is 0 Å². The molecule has 0 saturated heterocycles. The number of benzene rings is 1. The number of hydrogen-bond donors (Lipinski definition) is 1. The van der Waals surface area contributed by atoms with E-state index in [1.807, 2.05) is 24.5 Å². The largest absolute Gasteiger partial charge is 0.497 e. The van der Waals surface area contributed by atoms with Gasteiger partial charge in [0, 0.05) is 10.8 Å². The average molecular weight is 261 g/mol. The average Bonchev–Trinajstić information content (AvgIpc) is 2.93. The first-order valence-electron chi connectivity index (χ1n) is 6.17. The summed E-state index contributed by atoms with van der Waals surface area (Å²) in [6.45, 7) is 1.01. The van der Waals surface area contributed by atoms with Crippen LogP contribution < -0.4 is 10.1 Å². The Morgan fingerprint density at radius 1 is 1.28 bits per heavy atom. The lowest BCUT2D eigenvalue weighted by Gasteiger charge is -2.16. The maximum atomic E-state index is 5.31. The van der Waals surface area contributed by atoms with Gasteiger partial charge in [0.25, 0.3) is 0 Å². The summed E-state index contributed by atoms with van der Waals surface area (Å²) in [4.78, 5) is 1.42. The maximum absolute atomic E-state index is 5.31. The highest BCUT2D eigenvalue weighted by atomic mass is 32.1. The van der Waals surface area contributed by atoms with Crippen molar-refractivity contribution in [3.8, 4) is 5.75 Å². The van der Waals surface area contributed by atoms with E-state index in [0.29, 0.717) is 5.92 Å². The molecule has 1 aromatic carbocycles. The van der Waals surface area contributed by atoms with Crippen LogP contribution in [0.25, 0.3) is 0 Å². The fourth-order valence-corrected chi connectivity index (χ4v) is 3.00. The molecular formula is C15H19NOS. The molecule has 0 radical (unpaired) electrons. The van der Waals surface area contributed by atoms with E-state index in [2.05, 4.69) is 41.0 Å². The first-order valence-corrected chi connectivity index (χ1v) is 7.05.